The first kappa shape index (κ1) is 14.3. The van der Waals surface area contributed by atoms with E-state index in [1.807, 2.05) is 20.8 Å². The van der Waals surface area contributed by atoms with Gasteiger partial charge in [0.15, 0.2) is 5.76 Å². The van der Waals surface area contributed by atoms with Gasteiger partial charge in [0, 0.05) is 12.5 Å². The van der Waals surface area contributed by atoms with E-state index in [-0.39, 0.29) is 24.0 Å². The predicted molar refractivity (Wildman–Crippen MR) is 66.4 cm³/mol. The van der Waals surface area contributed by atoms with E-state index in [1.54, 1.807) is 12.1 Å². The molecule has 2 N–H and O–H groups in total. The fourth-order valence-corrected chi connectivity index (χ4v) is 1.57. The summed E-state index contributed by atoms with van der Waals surface area (Å²) < 4.78 is 5.32. The molecule has 100 valence electrons. The first-order chi connectivity index (χ1) is 8.43. The number of amides is 1. The summed E-state index contributed by atoms with van der Waals surface area (Å²) in [5, 5.41) is 11.5. The number of carbonyl (C=O) groups excluding carboxylic acids is 1. The number of aliphatic carboxylic acids is 1. The maximum absolute atomic E-state index is 11.9. The van der Waals surface area contributed by atoms with Crippen molar-refractivity contribution in [3.8, 4) is 0 Å². The Morgan fingerprint density at radius 1 is 1.39 bits per heavy atom. The van der Waals surface area contributed by atoms with Gasteiger partial charge in [0.05, 0.1) is 6.42 Å². The topological polar surface area (TPSA) is 79.5 Å². The van der Waals surface area contributed by atoms with Gasteiger partial charge in [0.2, 0.25) is 0 Å². The molecular weight excluding hydrogens is 234 g/mol. The van der Waals surface area contributed by atoms with Crippen molar-refractivity contribution in [1.82, 2.24) is 5.32 Å². The van der Waals surface area contributed by atoms with Gasteiger partial charge in [-0.1, -0.05) is 20.8 Å². The van der Waals surface area contributed by atoms with Crippen LogP contribution in [0.1, 0.15) is 43.5 Å². The van der Waals surface area contributed by atoms with E-state index in [1.165, 1.54) is 0 Å². The van der Waals surface area contributed by atoms with Crippen molar-refractivity contribution < 1.29 is 19.1 Å². The van der Waals surface area contributed by atoms with Crippen LogP contribution in [0.25, 0.3) is 0 Å². The molecule has 5 nitrogen and oxygen atoms in total. The number of rotatable bonds is 6. The second-order valence-electron chi connectivity index (χ2n) is 4.54. The molecule has 0 bridgehead atoms. The second-order valence-corrected chi connectivity index (χ2v) is 4.54. The molecule has 18 heavy (non-hydrogen) atoms. The van der Waals surface area contributed by atoms with Gasteiger partial charge < -0.3 is 14.8 Å². The second kappa shape index (κ2) is 6.23. The molecule has 0 radical (unpaired) electrons. The van der Waals surface area contributed by atoms with E-state index < -0.39 is 12.0 Å². The smallest absolute Gasteiger partial charge is 0.305 e. The lowest BCUT2D eigenvalue weighted by Gasteiger charge is -2.19. The molecule has 0 aliphatic heterocycles. The zero-order chi connectivity index (χ0) is 13.7. The molecule has 1 amide bonds. The number of carboxylic acids is 1. The van der Waals surface area contributed by atoms with Crippen LogP contribution in [-0.2, 0) is 11.2 Å². The minimum Gasteiger partial charge on any atom is -0.481 e. The fraction of sp³-hybridized carbons (Fsp3) is 0.538. The third kappa shape index (κ3) is 3.91. The fourth-order valence-electron chi connectivity index (χ4n) is 1.57. The summed E-state index contributed by atoms with van der Waals surface area (Å²) in [4.78, 5) is 22.6. The molecule has 0 aliphatic rings. The Hall–Kier alpha value is -1.78. The Morgan fingerprint density at radius 3 is 2.50 bits per heavy atom. The summed E-state index contributed by atoms with van der Waals surface area (Å²) in [7, 11) is 0. The molecule has 1 heterocycles. The van der Waals surface area contributed by atoms with Crippen LogP contribution in [0.5, 0.6) is 0 Å². The highest BCUT2D eigenvalue weighted by Gasteiger charge is 2.21. The SMILES string of the molecule is CCc1ccc(C(=O)NC(CC(=O)O)C(C)C)o1. The van der Waals surface area contributed by atoms with Crippen molar-refractivity contribution >= 4 is 11.9 Å². The predicted octanol–water partition coefficient (Wildman–Crippen LogP) is 2.07. The zero-order valence-electron chi connectivity index (χ0n) is 10.9. The van der Waals surface area contributed by atoms with Crippen molar-refractivity contribution in [3.05, 3.63) is 23.7 Å². The Kier molecular flexibility index (Phi) is 4.95. The maximum Gasteiger partial charge on any atom is 0.305 e. The van der Waals surface area contributed by atoms with Crippen LogP contribution in [0.3, 0.4) is 0 Å². The molecule has 0 aliphatic carbocycles. The summed E-state index contributed by atoms with van der Waals surface area (Å²) in [6.07, 6.45) is 0.626. The lowest BCUT2D eigenvalue weighted by atomic mass is 10.0. The average Bonchev–Trinajstić information content (AvgIpc) is 2.75. The number of carboxylic acid groups (broad SMARTS) is 1. The van der Waals surface area contributed by atoms with Crippen LogP contribution < -0.4 is 5.32 Å². The van der Waals surface area contributed by atoms with E-state index >= 15 is 0 Å². The Labute approximate surface area is 106 Å². The molecule has 5 heteroatoms. The van der Waals surface area contributed by atoms with Crippen LogP contribution in [0.15, 0.2) is 16.5 Å². The van der Waals surface area contributed by atoms with Gasteiger partial charge in [-0.05, 0) is 18.1 Å². The quantitative estimate of drug-likeness (QED) is 0.813. The minimum atomic E-state index is -0.928. The van der Waals surface area contributed by atoms with Gasteiger partial charge in [0.1, 0.15) is 5.76 Å². The lowest BCUT2D eigenvalue weighted by Crippen LogP contribution is -2.39. The summed E-state index contributed by atoms with van der Waals surface area (Å²) in [5.74, 6) is -0.287. The molecule has 1 aromatic rings. The number of carbonyl (C=O) groups is 2. The van der Waals surface area contributed by atoms with Crippen LogP contribution in [0.4, 0.5) is 0 Å². The van der Waals surface area contributed by atoms with Crippen molar-refractivity contribution in [1.29, 1.82) is 0 Å². The first-order valence-corrected chi connectivity index (χ1v) is 6.05. The van der Waals surface area contributed by atoms with Crippen molar-refractivity contribution in [3.63, 3.8) is 0 Å². The van der Waals surface area contributed by atoms with Crippen molar-refractivity contribution in [2.75, 3.05) is 0 Å². The molecule has 1 rings (SSSR count). The molecule has 1 aromatic heterocycles. The highest BCUT2D eigenvalue weighted by Crippen LogP contribution is 2.11. The molecule has 0 fully saturated rings. The average molecular weight is 253 g/mol. The highest BCUT2D eigenvalue weighted by molar-refractivity contribution is 5.92. The van der Waals surface area contributed by atoms with E-state index in [2.05, 4.69) is 5.32 Å². The van der Waals surface area contributed by atoms with Crippen LogP contribution >= 0.6 is 0 Å². The molecule has 0 saturated heterocycles. The summed E-state index contributed by atoms with van der Waals surface area (Å²) in [5.41, 5.74) is 0. The van der Waals surface area contributed by atoms with Crippen molar-refractivity contribution in [2.24, 2.45) is 5.92 Å². The standard InChI is InChI=1S/C13H19NO4/c1-4-9-5-6-11(18-9)13(17)14-10(8(2)3)7-12(15)16/h5-6,8,10H,4,7H2,1-3H3,(H,14,17)(H,15,16). The number of aryl methyl sites for hydroxylation is 1. The third-order valence-electron chi connectivity index (χ3n) is 2.75. The maximum atomic E-state index is 11.9. The number of hydrogen-bond donors (Lipinski definition) is 2. The van der Waals surface area contributed by atoms with Crippen molar-refractivity contribution in [2.45, 2.75) is 39.7 Å². The summed E-state index contributed by atoms with van der Waals surface area (Å²) >= 11 is 0. The van der Waals surface area contributed by atoms with E-state index in [0.29, 0.717) is 0 Å². The van der Waals surface area contributed by atoms with Gasteiger partial charge in [-0.2, -0.15) is 0 Å². The minimum absolute atomic E-state index is 0.0469. The van der Waals surface area contributed by atoms with Crippen LogP contribution in [-0.4, -0.2) is 23.0 Å². The van der Waals surface area contributed by atoms with Crippen LogP contribution in [0.2, 0.25) is 0 Å². The lowest BCUT2D eigenvalue weighted by molar-refractivity contribution is -0.137. The Morgan fingerprint density at radius 2 is 2.06 bits per heavy atom. The van der Waals surface area contributed by atoms with Gasteiger partial charge in [-0.15, -0.1) is 0 Å². The van der Waals surface area contributed by atoms with E-state index in [0.717, 1.165) is 12.2 Å². The number of hydrogen-bond acceptors (Lipinski definition) is 3. The Bertz CT molecular complexity index is 422. The van der Waals surface area contributed by atoms with E-state index in [4.69, 9.17) is 9.52 Å². The molecule has 1 atom stereocenters. The molecular formula is C13H19NO4. The molecule has 0 aromatic carbocycles. The molecule has 0 saturated carbocycles. The van der Waals surface area contributed by atoms with Gasteiger partial charge >= 0.3 is 5.97 Å². The number of nitrogens with one attached hydrogen (secondary N) is 1. The number of furan rings is 1. The van der Waals surface area contributed by atoms with Gasteiger partial charge in [-0.3, -0.25) is 9.59 Å². The first-order valence-electron chi connectivity index (χ1n) is 6.05. The molecule has 1 unspecified atom stereocenters. The molecule has 0 spiro atoms. The highest BCUT2D eigenvalue weighted by atomic mass is 16.4. The van der Waals surface area contributed by atoms with Gasteiger partial charge in [-0.25, -0.2) is 0 Å². The zero-order valence-corrected chi connectivity index (χ0v) is 10.9. The largest absolute Gasteiger partial charge is 0.481 e. The van der Waals surface area contributed by atoms with E-state index in [9.17, 15) is 9.59 Å². The monoisotopic (exact) mass is 253 g/mol. The van der Waals surface area contributed by atoms with Gasteiger partial charge in [0.25, 0.3) is 5.91 Å². The Balaban J connectivity index is 2.68. The summed E-state index contributed by atoms with van der Waals surface area (Å²) in [6.45, 7) is 5.67. The van der Waals surface area contributed by atoms with Crippen LogP contribution in [0, 0.1) is 5.92 Å². The third-order valence-corrected chi connectivity index (χ3v) is 2.75. The normalized spacial score (nSPS) is 12.4. The summed E-state index contributed by atoms with van der Waals surface area (Å²) in [6, 6.07) is 2.95.